The molecule has 0 aromatic carbocycles. The predicted octanol–water partition coefficient (Wildman–Crippen LogP) is 0.676. The predicted molar refractivity (Wildman–Crippen MR) is 55.7 cm³/mol. The van der Waals surface area contributed by atoms with Gasteiger partial charge in [0.05, 0.1) is 17.5 Å². The van der Waals surface area contributed by atoms with Crippen molar-refractivity contribution in [1.29, 1.82) is 5.26 Å². The average molecular weight is 207 g/mol. The summed E-state index contributed by atoms with van der Waals surface area (Å²) in [6, 6.07) is 2.28. The molecule has 0 aliphatic heterocycles. The minimum atomic E-state index is -0.636. The van der Waals surface area contributed by atoms with E-state index in [1.54, 1.807) is 0 Å². The van der Waals surface area contributed by atoms with Gasteiger partial charge in [0.2, 0.25) is 5.91 Å². The van der Waals surface area contributed by atoms with Crippen molar-refractivity contribution in [3.8, 4) is 6.07 Å². The van der Waals surface area contributed by atoms with Crippen LogP contribution in [0.3, 0.4) is 0 Å². The third-order valence-electron chi connectivity index (χ3n) is 3.70. The van der Waals surface area contributed by atoms with Gasteiger partial charge in [-0.25, -0.2) is 0 Å². The Hall–Kier alpha value is -1.08. The Morgan fingerprint density at radius 3 is 2.67 bits per heavy atom. The maximum Gasteiger partial charge on any atom is 0.240 e. The number of hydrogen-bond donors (Lipinski definition) is 2. The molecule has 0 bridgehead atoms. The Balaban J connectivity index is 1.91. The van der Waals surface area contributed by atoms with Crippen molar-refractivity contribution in [3.63, 3.8) is 0 Å². The molecule has 2 aliphatic rings. The summed E-state index contributed by atoms with van der Waals surface area (Å²) in [5.74, 6) is -0.0708. The molecule has 2 aliphatic carbocycles. The molecule has 0 spiro atoms. The number of nitriles is 1. The number of hydrogen-bond acceptors (Lipinski definition) is 3. The van der Waals surface area contributed by atoms with Crippen LogP contribution in [0.1, 0.15) is 38.5 Å². The van der Waals surface area contributed by atoms with E-state index in [-0.39, 0.29) is 17.9 Å². The molecular formula is C11H17N3O. The van der Waals surface area contributed by atoms with Gasteiger partial charge in [-0.15, -0.1) is 0 Å². The molecule has 2 fully saturated rings. The van der Waals surface area contributed by atoms with Crippen LogP contribution in [0, 0.1) is 17.2 Å². The van der Waals surface area contributed by atoms with Gasteiger partial charge in [0, 0.05) is 6.04 Å². The van der Waals surface area contributed by atoms with Crippen molar-refractivity contribution in [3.05, 3.63) is 0 Å². The highest BCUT2D eigenvalue weighted by Gasteiger charge is 2.42. The number of rotatable bonds is 2. The second-order valence-corrected chi connectivity index (χ2v) is 4.76. The molecule has 0 radical (unpaired) electrons. The van der Waals surface area contributed by atoms with Gasteiger partial charge < -0.3 is 11.1 Å². The maximum absolute atomic E-state index is 11.8. The number of carbonyl (C=O) groups excluding carboxylic acids is 1. The van der Waals surface area contributed by atoms with Crippen LogP contribution < -0.4 is 11.1 Å². The van der Waals surface area contributed by atoms with E-state index in [1.807, 2.05) is 0 Å². The first-order chi connectivity index (χ1) is 7.15. The summed E-state index contributed by atoms with van der Waals surface area (Å²) < 4.78 is 0. The average Bonchev–Trinajstić information content (AvgIpc) is 2.61. The lowest BCUT2D eigenvalue weighted by Gasteiger charge is -2.37. The molecule has 0 aromatic heterocycles. The van der Waals surface area contributed by atoms with Crippen LogP contribution in [0.4, 0.5) is 0 Å². The lowest BCUT2D eigenvalue weighted by atomic mass is 9.77. The van der Waals surface area contributed by atoms with E-state index in [0.717, 1.165) is 38.5 Å². The molecule has 0 saturated heterocycles. The third kappa shape index (κ3) is 1.84. The second-order valence-electron chi connectivity index (χ2n) is 4.76. The number of nitrogens with zero attached hydrogens (tertiary/aromatic N) is 1. The molecule has 4 heteroatoms. The summed E-state index contributed by atoms with van der Waals surface area (Å²) in [6.45, 7) is 0. The lowest BCUT2D eigenvalue weighted by Crippen LogP contribution is -2.60. The smallest absolute Gasteiger partial charge is 0.240 e. The lowest BCUT2D eigenvalue weighted by molar-refractivity contribution is -0.130. The van der Waals surface area contributed by atoms with E-state index in [4.69, 9.17) is 11.0 Å². The maximum atomic E-state index is 11.8. The first kappa shape index (κ1) is 10.4. The topological polar surface area (TPSA) is 78.9 Å². The Bertz CT molecular complexity index is 303. The van der Waals surface area contributed by atoms with Crippen LogP contribution in [-0.2, 0) is 4.79 Å². The molecule has 1 amide bonds. The van der Waals surface area contributed by atoms with E-state index in [0.29, 0.717) is 0 Å². The molecule has 82 valence electrons. The molecule has 4 nitrogen and oxygen atoms in total. The molecule has 2 unspecified atom stereocenters. The third-order valence-corrected chi connectivity index (χ3v) is 3.70. The van der Waals surface area contributed by atoms with E-state index in [9.17, 15) is 4.79 Å². The fourth-order valence-electron chi connectivity index (χ4n) is 2.38. The van der Waals surface area contributed by atoms with Gasteiger partial charge in [-0.3, -0.25) is 4.79 Å². The van der Waals surface area contributed by atoms with Gasteiger partial charge in [0.15, 0.2) is 0 Å². The van der Waals surface area contributed by atoms with Crippen molar-refractivity contribution in [1.82, 2.24) is 5.32 Å². The van der Waals surface area contributed by atoms with Gasteiger partial charge in [0.25, 0.3) is 0 Å². The van der Waals surface area contributed by atoms with Crippen LogP contribution in [0.25, 0.3) is 0 Å². The summed E-state index contributed by atoms with van der Waals surface area (Å²) in [5, 5.41) is 11.8. The monoisotopic (exact) mass is 207 g/mol. The minimum Gasteiger partial charge on any atom is -0.350 e. The molecular weight excluding hydrogens is 190 g/mol. The number of nitrogens with one attached hydrogen (secondary N) is 1. The van der Waals surface area contributed by atoms with Crippen molar-refractivity contribution < 1.29 is 4.79 Å². The molecule has 0 heterocycles. The van der Waals surface area contributed by atoms with Gasteiger partial charge >= 0.3 is 0 Å². The summed E-state index contributed by atoms with van der Waals surface area (Å²) in [7, 11) is 0. The largest absolute Gasteiger partial charge is 0.350 e. The van der Waals surface area contributed by atoms with Crippen LogP contribution >= 0.6 is 0 Å². The fraction of sp³-hybridized carbons (Fsp3) is 0.818. The number of nitrogens with two attached hydrogens (primary N) is 1. The Kier molecular flexibility index (Phi) is 2.66. The van der Waals surface area contributed by atoms with Crippen LogP contribution in [0.5, 0.6) is 0 Å². The molecule has 3 N–H and O–H groups in total. The van der Waals surface area contributed by atoms with Crippen molar-refractivity contribution in [2.24, 2.45) is 11.7 Å². The molecule has 2 saturated carbocycles. The minimum absolute atomic E-state index is 0.0161. The highest BCUT2D eigenvalue weighted by molar-refractivity contribution is 5.87. The molecule has 2 atom stereocenters. The Labute approximate surface area is 89.8 Å². The number of amides is 1. The van der Waals surface area contributed by atoms with Gasteiger partial charge in [-0.1, -0.05) is 0 Å². The second kappa shape index (κ2) is 3.82. The summed E-state index contributed by atoms with van der Waals surface area (Å²) in [4.78, 5) is 11.8. The molecule has 0 aromatic rings. The van der Waals surface area contributed by atoms with E-state index in [2.05, 4.69) is 11.4 Å². The van der Waals surface area contributed by atoms with Crippen molar-refractivity contribution in [2.45, 2.75) is 50.1 Å². The molecule has 2 rings (SSSR count). The van der Waals surface area contributed by atoms with E-state index < -0.39 is 5.54 Å². The van der Waals surface area contributed by atoms with E-state index >= 15 is 0 Å². The van der Waals surface area contributed by atoms with Crippen LogP contribution in [0.15, 0.2) is 0 Å². The summed E-state index contributed by atoms with van der Waals surface area (Å²) in [5.41, 5.74) is 5.28. The highest BCUT2D eigenvalue weighted by Crippen LogP contribution is 2.31. The van der Waals surface area contributed by atoms with E-state index in [1.165, 1.54) is 0 Å². The normalized spacial score (nSPS) is 32.8. The highest BCUT2D eigenvalue weighted by atomic mass is 16.2. The van der Waals surface area contributed by atoms with Crippen LogP contribution in [-0.4, -0.2) is 17.5 Å². The van der Waals surface area contributed by atoms with Crippen molar-refractivity contribution in [2.75, 3.05) is 0 Å². The van der Waals surface area contributed by atoms with Gasteiger partial charge in [-0.05, 0) is 38.5 Å². The SMILES string of the molecule is N#CC1CCCC1NC(=O)C1(N)CCC1. The number of carbonyl (C=O) groups is 1. The van der Waals surface area contributed by atoms with Gasteiger partial charge in [-0.2, -0.15) is 5.26 Å². The zero-order chi connectivity index (χ0) is 10.9. The van der Waals surface area contributed by atoms with Gasteiger partial charge in [0.1, 0.15) is 0 Å². The fourth-order valence-corrected chi connectivity index (χ4v) is 2.38. The Morgan fingerprint density at radius 2 is 2.13 bits per heavy atom. The zero-order valence-electron chi connectivity index (χ0n) is 8.83. The van der Waals surface area contributed by atoms with Crippen molar-refractivity contribution >= 4 is 5.91 Å². The first-order valence-corrected chi connectivity index (χ1v) is 5.65. The molecule has 15 heavy (non-hydrogen) atoms. The standard InChI is InChI=1S/C11H17N3O/c12-7-8-3-1-4-9(8)14-10(15)11(13)5-2-6-11/h8-9H,1-6,13H2,(H,14,15). The quantitative estimate of drug-likeness (QED) is 0.698. The Morgan fingerprint density at radius 1 is 1.40 bits per heavy atom. The van der Waals surface area contributed by atoms with Crippen LogP contribution in [0.2, 0.25) is 0 Å². The summed E-state index contributed by atoms with van der Waals surface area (Å²) in [6.07, 6.45) is 5.45. The summed E-state index contributed by atoms with van der Waals surface area (Å²) >= 11 is 0. The first-order valence-electron chi connectivity index (χ1n) is 5.65. The zero-order valence-corrected chi connectivity index (χ0v) is 8.83.